The molecule has 2 aliphatic rings. The summed E-state index contributed by atoms with van der Waals surface area (Å²) in [7, 11) is 0. The smallest absolute Gasteiger partial charge is 0.248 e. The maximum Gasteiger partial charge on any atom is 0.248 e. The lowest BCUT2D eigenvalue weighted by molar-refractivity contribution is -0.138. The molecular formula is C13H24N2O2. The van der Waals surface area contributed by atoms with Gasteiger partial charge in [-0.15, -0.1) is 0 Å². The molecular weight excluding hydrogens is 216 g/mol. The summed E-state index contributed by atoms with van der Waals surface area (Å²) in [5, 5.41) is 0. The predicted octanol–water partition coefficient (Wildman–Crippen LogP) is 0.999. The third-order valence-corrected chi connectivity index (χ3v) is 3.83. The van der Waals surface area contributed by atoms with E-state index < -0.39 is 0 Å². The Labute approximate surface area is 103 Å². The first-order valence-electron chi connectivity index (χ1n) is 6.78. The van der Waals surface area contributed by atoms with Gasteiger partial charge in [-0.1, -0.05) is 0 Å². The molecule has 2 atom stereocenters. The van der Waals surface area contributed by atoms with Crippen molar-refractivity contribution in [2.45, 2.75) is 38.6 Å². The number of nitrogens with zero attached hydrogens (tertiary/aromatic N) is 1. The minimum atomic E-state index is 0.135. The van der Waals surface area contributed by atoms with Gasteiger partial charge in [0.2, 0.25) is 5.91 Å². The highest BCUT2D eigenvalue weighted by atomic mass is 16.5. The van der Waals surface area contributed by atoms with Crippen molar-refractivity contribution in [2.75, 3.05) is 26.3 Å². The highest BCUT2D eigenvalue weighted by molar-refractivity contribution is 5.77. The SMILES string of the molecule is C[C@H](N)[C@@H]1CCCN(C(=O)COCC2CC2)C1. The van der Waals surface area contributed by atoms with Gasteiger partial charge in [0.25, 0.3) is 0 Å². The Morgan fingerprint density at radius 2 is 2.24 bits per heavy atom. The second-order valence-electron chi connectivity index (χ2n) is 5.56. The first kappa shape index (κ1) is 12.8. The van der Waals surface area contributed by atoms with Crippen LogP contribution in [0, 0.1) is 11.8 Å². The zero-order chi connectivity index (χ0) is 12.3. The number of hydrogen-bond acceptors (Lipinski definition) is 3. The summed E-state index contributed by atoms with van der Waals surface area (Å²) in [6.45, 7) is 4.72. The molecule has 98 valence electrons. The predicted molar refractivity (Wildman–Crippen MR) is 66.5 cm³/mol. The van der Waals surface area contributed by atoms with Crippen molar-refractivity contribution in [3.63, 3.8) is 0 Å². The molecule has 1 amide bonds. The van der Waals surface area contributed by atoms with Gasteiger partial charge < -0.3 is 15.4 Å². The number of likely N-dealkylation sites (tertiary alicyclic amines) is 1. The Morgan fingerprint density at radius 1 is 1.47 bits per heavy atom. The summed E-state index contributed by atoms with van der Waals surface area (Å²) in [4.78, 5) is 13.8. The number of amides is 1. The molecule has 1 aliphatic heterocycles. The first-order valence-corrected chi connectivity index (χ1v) is 6.78. The molecule has 0 radical (unpaired) electrons. The molecule has 0 aromatic heterocycles. The van der Waals surface area contributed by atoms with E-state index in [1.54, 1.807) is 0 Å². The van der Waals surface area contributed by atoms with E-state index in [0.29, 0.717) is 5.92 Å². The van der Waals surface area contributed by atoms with Crippen LogP contribution in [0.3, 0.4) is 0 Å². The largest absolute Gasteiger partial charge is 0.371 e. The summed E-state index contributed by atoms with van der Waals surface area (Å²) >= 11 is 0. The van der Waals surface area contributed by atoms with Crippen LogP contribution in [-0.4, -0.2) is 43.2 Å². The lowest BCUT2D eigenvalue weighted by Crippen LogP contribution is -2.46. The molecule has 1 heterocycles. The van der Waals surface area contributed by atoms with Crippen LogP contribution in [0.5, 0.6) is 0 Å². The second-order valence-corrected chi connectivity index (χ2v) is 5.56. The van der Waals surface area contributed by atoms with E-state index in [-0.39, 0.29) is 18.6 Å². The number of nitrogens with two attached hydrogens (primary N) is 1. The second kappa shape index (κ2) is 5.83. The summed E-state index contributed by atoms with van der Waals surface area (Å²) in [5.41, 5.74) is 5.91. The number of carbonyl (C=O) groups is 1. The summed E-state index contributed by atoms with van der Waals surface area (Å²) in [6, 6.07) is 0.179. The van der Waals surface area contributed by atoms with Gasteiger partial charge in [0.05, 0.1) is 6.61 Å². The average molecular weight is 240 g/mol. The van der Waals surface area contributed by atoms with E-state index in [9.17, 15) is 4.79 Å². The Hall–Kier alpha value is -0.610. The fourth-order valence-corrected chi connectivity index (χ4v) is 2.35. The maximum absolute atomic E-state index is 11.9. The fourth-order valence-electron chi connectivity index (χ4n) is 2.35. The van der Waals surface area contributed by atoms with Crippen LogP contribution in [0.15, 0.2) is 0 Å². The maximum atomic E-state index is 11.9. The first-order chi connectivity index (χ1) is 8.16. The molecule has 4 heteroatoms. The van der Waals surface area contributed by atoms with Gasteiger partial charge in [-0.2, -0.15) is 0 Å². The highest BCUT2D eigenvalue weighted by Crippen LogP contribution is 2.28. The standard InChI is InChI=1S/C13H24N2O2/c1-10(14)12-3-2-6-15(7-12)13(16)9-17-8-11-4-5-11/h10-12H,2-9,14H2,1H3/t10-,12+/m0/s1. The number of ether oxygens (including phenoxy) is 1. The van der Waals surface area contributed by atoms with E-state index in [1.165, 1.54) is 12.8 Å². The number of carbonyl (C=O) groups excluding carboxylic acids is 1. The quantitative estimate of drug-likeness (QED) is 0.780. The van der Waals surface area contributed by atoms with Crippen LogP contribution in [0.2, 0.25) is 0 Å². The zero-order valence-corrected chi connectivity index (χ0v) is 10.7. The molecule has 0 spiro atoms. The van der Waals surface area contributed by atoms with Crippen LogP contribution in [0.25, 0.3) is 0 Å². The van der Waals surface area contributed by atoms with Crippen molar-refractivity contribution in [1.82, 2.24) is 4.90 Å². The molecule has 2 rings (SSSR count). The Kier molecular flexibility index (Phi) is 4.40. The van der Waals surface area contributed by atoms with Crippen molar-refractivity contribution < 1.29 is 9.53 Å². The Morgan fingerprint density at radius 3 is 2.88 bits per heavy atom. The number of hydrogen-bond donors (Lipinski definition) is 1. The average Bonchev–Trinajstić information content (AvgIpc) is 3.13. The monoisotopic (exact) mass is 240 g/mol. The molecule has 1 aliphatic carbocycles. The molecule has 1 saturated heterocycles. The van der Waals surface area contributed by atoms with Crippen LogP contribution in [0.4, 0.5) is 0 Å². The Balaban J connectivity index is 1.69. The van der Waals surface area contributed by atoms with Crippen molar-refractivity contribution in [1.29, 1.82) is 0 Å². The minimum absolute atomic E-state index is 0.135. The summed E-state index contributed by atoms with van der Waals surface area (Å²) in [6.07, 6.45) is 4.75. The van der Waals surface area contributed by atoms with Gasteiger partial charge in [-0.3, -0.25) is 4.79 Å². The molecule has 0 aromatic carbocycles. The van der Waals surface area contributed by atoms with Gasteiger partial charge in [0.15, 0.2) is 0 Å². The van der Waals surface area contributed by atoms with Crippen LogP contribution >= 0.6 is 0 Å². The van der Waals surface area contributed by atoms with Gasteiger partial charge in [-0.05, 0) is 44.4 Å². The topological polar surface area (TPSA) is 55.6 Å². The van der Waals surface area contributed by atoms with Gasteiger partial charge in [-0.25, -0.2) is 0 Å². The van der Waals surface area contributed by atoms with Crippen molar-refractivity contribution in [3.8, 4) is 0 Å². The molecule has 17 heavy (non-hydrogen) atoms. The minimum Gasteiger partial charge on any atom is -0.371 e. The zero-order valence-electron chi connectivity index (χ0n) is 10.7. The molecule has 2 fully saturated rings. The third kappa shape index (κ3) is 3.96. The fraction of sp³-hybridized carbons (Fsp3) is 0.923. The number of piperidine rings is 1. The van der Waals surface area contributed by atoms with Crippen LogP contribution in [0.1, 0.15) is 32.6 Å². The summed E-state index contributed by atoms with van der Waals surface area (Å²) < 4.78 is 5.45. The van der Waals surface area contributed by atoms with Gasteiger partial charge >= 0.3 is 0 Å². The van der Waals surface area contributed by atoms with Gasteiger partial charge in [0.1, 0.15) is 6.61 Å². The van der Waals surface area contributed by atoms with Crippen molar-refractivity contribution >= 4 is 5.91 Å². The molecule has 1 saturated carbocycles. The van der Waals surface area contributed by atoms with Crippen molar-refractivity contribution in [3.05, 3.63) is 0 Å². The lowest BCUT2D eigenvalue weighted by atomic mass is 9.92. The van der Waals surface area contributed by atoms with Crippen LogP contribution in [-0.2, 0) is 9.53 Å². The summed E-state index contributed by atoms with van der Waals surface area (Å²) in [5.74, 6) is 1.31. The van der Waals surface area contributed by atoms with E-state index in [0.717, 1.165) is 38.5 Å². The van der Waals surface area contributed by atoms with Crippen molar-refractivity contribution in [2.24, 2.45) is 17.6 Å². The van der Waals surface area contributed by atoms with Crippen LogP contribution < -0.4 is 5.73 Å². The normalized spacial score (nSPS) is 26.9. The van der Waals surface area contributed by atoms with E-state index >= 15 is 0 Å². The van der Waals surface area contributed by atoms with E-state index in [1.807, 2.05) is 11.8 Å². The molecule has 0 aromatic rings. The lowest BCUT2D eigenvalue weighted by Gasteiger charge is -2.34. The van der Waals surface area contributed by atoms with Gasteiger partial charge in [0, 0.05) is 19.1 Å². The molecule has 4 nitrogen and oxygen atoms in total. The Bertz CT molecular complexity index is 264. The number of rotatable bonds is 5. The molecule has 2 N–H and O–H groups in total. The molecule has 0 bridgehead atoms. The van der Waals surface area contributed by atoms with E-state index in [4.69, 9.17) is 10.5 Å². The van der Waals surface area contributed by atoms with E-state index in [2.05, 4.69) is 0 Å². The third-order valence-electron chi connectivity index (χ3n) is 3.83. The molecule has 0 unspecified atom stereocenters. The highest BCUT2D eigenvalue weighted by Gasteiger charge is 2.26.